The number of carboxylic acid groups (broad SMARTS) is 1. The molecule has 0 aliphatic heterocycles. The number of aromatic nitrogens is 1. The molecule has 3 rings (SSSR count). The molecule has 0 radical (unpaired) electrons. The van der Waals surface area contributed by atoms with E-state index in [-0.39, 0.29) is 0 Å². The van der Waals surface area contributed by atoms with Gasteiger partial charge in [0.05, 0.1) is 0 Å². The molecule has 0 aliphatic carbocycles. The summed E-state index contributed by atoms with van der Waals surface area (Å²) in [6.45, 7) is 2.63. The molecular weight excluding hydrogens is 274 g/mol. The first-order valence-electron chi connectivity index (χ1n) is 7.18. The van der Waals surface area contributed by atoms with Crippen molar-refractivity contribution in [1.29, 1.82) is 0 Å². The van der Waals surface area contributed by atoms with Gasteiger partial charge in [0.15, 0.2) is 0 Å². The summed E-state index contributed by atoms with van der Waals surface area (Å²) in [5.74, 6) is -0.902. The fourth-order valence-corrected chi connectivity index (χ4v) is 2.49. The first-order valence-corrected chi connectivity index (χ1v) is 7.18. The molecule has 0 saturated carbocycles. The number of benzene rings is 2. The van der Waals surface area contributed by atoms with Crippen LogP contribution in [0.25, 0.3) is 11.1 Å². The monoisotopic (exact) mass is 291 g/mol. The number of carbonyl (C=O) groups is 1. The Morgan fingerprint density at radius 2 is 1.55 bits per heavy atom. The maximum Gasteiger partial charge on any atom is 0.352 e. The molecular formula is C19H17NO2. The van der Waals surface area contributed by atoms with Crippen LogP contribution in [-0.4, -0.2) is 15.6 Å². The van der Waals surface area contributed by atoms with E-state index in [0.29, 0.717) is 12.2 Å². The molecule has 1 N–H and O–H groups in total. The fraction of sp³-hybridized carbons (Fsp3) is 0.105. The summed E-state index contributed by atoms with van der Waals surface area (Å²) in [5, 5.41) is 9.13. The van der Waals surface area contributed by atoms with E-state index in [0.717, 1.165) is 11.1 Å². The highest BCUT2D eigenvalue weighted by atomic mass is 16.4. The number of nitrogens with zero attached hydrogens (tertiary/aromatic N) is 1. The Kier molecular flexibility index (Phi) is 3.79. The Labute approximate surface area is 129 Å². The van der Waals surface area contributed by atoms with E-state index in [1.54, 1.807) is 22.9 Å². The Morgan fingerprint density at radius 1 is 0.955 bits per heavy atom. The number of rotatable bonds is 4. The number of aryl methyl sites for hydroxylation is 1. The second-order valence-corrected chi connectivity index (χ2v) is 5.39. The zero-order chi connectivity index (χ0) is 15.5. The van der Waals surface area contributed by atoms with Crippen molar-refractivity contribution in [2.75, 3.05) is 0 Å². The molecule has 0 fully saturated rings. The van der Waals surface area contributed by atoms with Crippen molar-refractivity contribution in [2.45, 2.75) is 13.5 Å². The van der Waals surface area contributed by atoms with E-state index in [9.17, 15) is 4.79 Å². The van der Waals surface area contributed by atoms with Crippen molar-refractivity contribution in [1.82, 2.24) is 4.57 Å². The molecule has 2 aromatic carbocycles. The van der Waals surface area contributed by atoms with Gasteiger partial charge in [-0.2, -0.15) is 0 Å². The van der Waals surface area contributed by atoms with Crippen molar-refractivity contribution >= 4 is 5.97 Å². The summed E-state index contributed by atoms with van der Waals surface area (Å²) < 4.78 is 1.74. The lowest BCUT2D eigenvalue weighted by molar-refractivity contribution is 0.0685. The van der Waals surface area contributed by atoms with Gasteiger partial charge < -0.3 is 9.67 Å². The summed E-state index contributed by atoms with van der Waals surface area (Å²) in [5.41, 5.74) is 4.98. The summed E-state index contributed by atoms with van der Waals surface area (Å²) in [6, 6.07) is 20.0. The quantitative estimate of drug-likeness (QED) is 0.782. The van der Waals surface area contributed by atoms with Gasteiger partial charge in [-0.05, 0) is 35.7 Å². The molecule has 0 unspecified atom stereocenters. The Bertz CT molecular complexity index is 783. The van der Waals surface area contributed by atoms with Gasteiger partial charge in [-0.25, -0.2) is 4.79 Å². The van der Waals surface area contributed by atoms with Crippen LogP contribution in [0.1, 0.15) is 21.6 Å². The van der Waals surface area contributed by atoms with Crippen molar-refractivity contribution in [3.63, 3.8) is 0 Å². The zero-order valence-corrected chi connectivity index (χ0v) is 12.4. The van der Waals surface area contributed by atoms with E-state index in [4.69, 9.17) is 5.11 Å². The van der Waals surface area contributed by atoms with E-state index in [2.05, 4.69) is 43.3 Å². The van der Waals surface area contributed by atoms with Crippen LogP contribution in [0, 0.1) is 6.92 Å². The predicted molar refractivity (Wildman–Crippen MR) is 87.1 cm³/mol. The number of aromatic carboxylic acids is 1. The minimum atomic E-state index is -0.902. The third-order valence-corrected chi connectivity index (χ3v) is 3.74. The van der Waals surface area contributed by atoms with Gasteiger partial charge in [-0.15, -0.1) is 0 Å². The van der Waals surface area contributed by atoms with E-state index in [1.165, 1.54) is 11.1 Å². The summed E-state index contributed by atoms with van der Waals surface area (Å²) in [6.07, 6.45) is 1.79. The fourth-order valence-electron chi connectivity index (χ4n) is 2.49. The Morgan fingerprint density at radius 3 is 2.14 bits per heavy atom. The van der Waals surface area contributed by atoms with Crippen LogP contribution < -0.4 is 0 Å². The second-order valence-electron chi connectivity index (χ2n) is 5.39. The first kappa shape index (κ1) is 14.1. The van der Waals surface area contributed by atoms with Crippen molar-refractivity contribution < 1.29 is 9.90 Å². The van der Waals surface area contributed by atoms with Gasteiger partial charge >= 0.3 is 5.97 Å². The molecule has 0 atom stereocenters. The van der Waals surface area contributed by atoms with Crippen molar-refractivity contribution in [3.8, 4) is 11.1 Å². The van der Waals surface area contributed by atoms with Gasteiger partial charge in [0.2, 0.25) is 0 Å². The van der Waals surface area contributed by atoms with Crippen LogP contribution in [0.4, 0.5) is 0 Å². The summed E-state index contributed by atoms with van der Waals surface area (Å²) in [7, 11) is 0. The van der Waals surface area contributed by atoms with Crippen molar-refractivity contribution in [3.05, 3.63) is 83.7 Å². The maximum absolute atomic E-state index is 11.1. The molecule has 3 aromatic rings. The van der Waals surface area contributed by atoms with E-state index in [1.807, 2.05) is 12.1 Å². The van der Waals surface area contributed by atoms with Gasteiger partial charge in [0.1, 0.15) is 5.69 Å². The summed E-state index contributed by atoms with van der Waals surface area (Å²) >= 11 is 0. The SMILES string of the molecule is Cc1ccc(-c2ccc(Cn3cccc3C(=O)O)cc2)cc1. The molecule has 1 heterocycles. The van der Waals surface area contributed by atoms with Gasteiger partial charge in [-0.1, -0.05) is 54.1 Å². The zero-order valence-electron chi connectivity index (χ0n) is 12.4. The summed E-state index contributed by atoms with van der Waals surface area (Å²) in [4.78, 5) is 11.1. The molecule has 3 heteroatoms. The number of hydrogen-bond acceptors (Lipinski definition) is 1. The van der Waals surface area contributed by atoms with E-state index < -0.39 is 5.97 Å². The lowest BCUT2D eigenvalue weighted by Gasteiger charge is -2.08. The molecule has 0 bridgehead atoms. The van der Waals surface area contributed by atoms with Crippen LogP contribution in [0.5, 0.6) is 0 Å². The molecule has 110 valence electrons. The van der Waals surface area contributed by atoms with E-state index >= 15 is 0 Å². The molecule has 0 saturated heterocycles. The lowest BCUT2D eigenvalue weighted by Crippen LogP contribution is -2.08. The van der Waals surface area contributed by atoms with Crippen molar-refractivity contribution in [2.24, 2.45) is 0 Å². The first-order chi connectivity index (χ1) is 10.6. The molecule has 0 aliphatic rings. The highest BCUT2D eigenvalue weighted by Crippen LogP contribution is 2.20. The highest BCUT2D eigenvalue weighted by molar-refractivity contribution is 5.85. The minimum absolute atomic E-state index is 0.308. The Hall–Kier alpha value is -2.81. The Balaban J connectivity index is 1.81. The van der Waals surface area contributed by atoms with Gasteiger partial charge in [-0.3, -0.25) is 0 Å². The molecule has 1 aromatic heterocycles. The normalized spacial score (nSPS) is 10.6. The molecule has 3 nitrogen and oxygen atoms in total. The van der Waals surface area contributed by atoms with Crippen LogP contribution in [0.15, 0.2) is 66.9 Å². The second kappa shape index (κ2) is 5.90. The highest BCUT2D eigenvalue weighted by Gasteiger charge is 2.08. The van der Waals surface area contributed by atoms with Crippen LogP contribution in [0.3, 0.4) is 0 Å². The number of hydrogen-bond donors (Lipinski definition) is 1. The average Bonchev–Trinajstić information content (AvgIpc) is 2.97. The third kappa shape index (κ3) is 2.93. The topological polar surface area (TPSA) is 42.2 Å². The number of carboxylic acids is 1. The largest absolute Gasteiger partial charge is 0.477 e. The average molecular weight is 291 g/mol. The standard InChI is InChI=1S/C19H17NO2/c1-14-4-8-16(9-5-14)17-10-6-15(7-11-17)13-20-12-2-3-18(20)19(21)22/h2-12H,13H2,1H3,(H,21,22). The van der Waals surface area contributed by atoms with Crippen LogP contribution in [-0.2, 0) is 6.54 Å². The predicted octanol–water partition coefficient (Wildman–Crippen LogP) is 4.21. The smallest absolute Gasteiger partial charge is 0.352 e. The minimum Gasteiger partial charge on any atom is -0.477 e. The third-order valence-electron chi connectivity index (χ3n) is 3.74. The molecule has 22 heavy (non-hydrogen) atoms. The van der Waals surface area contributed by atoms with Gasteiger partial charge in [0.25, 0.3) is 0 Å². The van der Waals surface area contributed by atoms with Gasteiger partial charge in [0, 0.05) is 12.7 Å². The van der Waals surface area contributed by atoms with Crippen LogP contribution >= 0.6 is 0 Å². The van der Waals surface area contributed by atoms with Crippen LogP contribution in [0.2, 0.25) is 0 Å². The maximum atomic E-state index is 11.1. The molecule has 0 amide bonds. The lowest BCUT2D eigenvalue weighted by atomic mass is 10.0. The molecule has 0 spiro atoms.